The molecule has 0 saturated heterocycles. The van der Waals surface area contributed by atoms with Crippen molar-refractivity contribution in [3.63, 3.8) is 0 Å². The molecule has 0 atom stereocenters. The van der Waals surface area contributed by atoms with Gasteiger partial charge in [-0.2, -0.15) is 0 Å². The second-order valence-electron chi connectivity index (χ2n) is 5.45. The van der Waals surface area contributed by atoms with Crippen LogP contribution in [0.25, 0.3) is 0 Å². The number of aliphatic hydroxyl groups excluding tert-OH is 1. The van der Waals surface area contributed by atoms with Gasteiger partial charge < -0.3 is 14.4 Å². The summed E-state index contributed by atoms with van der Waals surface area (Å²) < 4.78 is 7.64. The van der Waals surface area contributed by atoms with Crippen LogP contribution in [0, 0.1) is 0 Å². The van der Waals surface area contributed by atoms with Crippen molar-refractivity contribution in [2.75, 3.05) is 13.2 Å². The van der Waals surface area contributed by atoms with Crippen LogP contribution in [-0.2, 0) is 17.9 Å². The Morgan fingerprint density at radius 1 is 1.39 bits per heavy atom. The second kappa shape index (κ2) is 8.73. The van der Waals surface area contributed by atoms with E-state index in [2.05, 4.69) is 31.4 Å². The lowest BCUT2D eigenvalue weighted by molar-refractivity contribution is 0.0757. The van der Waals surface area contributed by atoms with Crippen LogP contribution in [0.3, 0.4) is 0 Å². The quantitative estimate of drug-likeness (QED) is 0.716. The molecule has 0 saturated carbocycles. The van der Waals surface area contributed by atoms with Crippen LogP contribution in [0.2, 0.25) is 5.02 Å². The highest BCUT2D eigenvalue weighted by Gasteiger charge is 2.19. The second-order valence-corrected chi connectivity index (χ2v) is 6.95. The third kappa shape index (κ3) is 4.73. The van der Waals surface area contributed by atoms with Gasteiger partial charge >= 0.3 is 0 Å². The zero-order valence-electron chi connectivity index (χ0n) is 13.8. The largest absolute Gasteiger partial charge is 0.394 e. The summed E-state index contributed by atoms with van der Waals surface area (Å²) in [7, 11) is 0. The molecule has 0 aliphatic rings. The van der Waals surface area contributed by atoms with Crippen LogP contribution in [0.4, 0.5) is 0 Å². The van der Waals surface area contributed by atoms with Crippen molar-refractivity contribution in [2.45, 2.75) is 49.8 Å². The highest BCUT2D eigenvalue weighted by Crippen LogP contribution is 2.35. The van der Waals surface area contributed by atoms with E-state index in [0.717, 1.165) is 33.0 Å². The molecule has 6 heteroatoms. The van der Waals surface area contributed by atoms with Crippen LogP contribution in [0.15, 0.2) is 34.2 Å². The molecule has 4 nitrogen and oxygen atoms in total. The normalized spacial score (nSPS) is 11.4. The lowest BCUT2D eigenvalue weighted by Crippen LogP contribution is -2.07. The van der Waals surface area contributed by atoms with Crippen molar-refractivity contribution in [1.29, 1.82) is 0 Å². The minimum Gasteiger partial charge on any atom is -0.394 e. The van der Waals surface area contributed by atoms with Crippen LogP contribution < -0.4 is 0 Å². The van der Waals surface area contributed by atoms with Gasteiger partial charge in [-0.25, -0.2) is 4.98 Å². The molecule has 23 heavy (non-hydrogen) atoms. The van der Waals surface area contributed by atoms with Gasteiger partial charge in [-0.05, 0) is 31.0 Å². The van der Waals surface area contributed by atoms with Crippen molar-refractivity contribution >= 4 is 23.4 Å². The Morgan fingerprint density at radius 3 is 2.78 bits per heavy atom. The summed E-state index contributed by atoms with van der Waals surface area (Å²) in [5, 5.41) is 10.7. The van der Waals surface area contributed by atoms with E-state index >= 15 is 0 Å². The number of benzene rings is 1. The summed E-state index contributed by atoms with van der Waals surface area (Å²) in [6, 6.07) is 7.85. The van der Waals surface area contributed by atoms with Gasteiger partial charge in [-0.1, -0.05) is 43.3 Å². The third-order valence-corrected chi connectivity index (χ3v) is 4.71. The molecule has 0 amide bonds. The van der Waals surface area contributed by atoms with E-state index in [1.54, 1.807) is 11.8 Å². The molecule has 0 aliphatic carbocycles. The van der Waals surface area contributed by atoms with Gasteiger partial charge in [0.05, 0.1) is 18.9 Å². The number of aliphatic hydroxyl groups is 1. The highest BCUT2D eigenvalue weighted by atomic mass is 35.5. The number of aromatic nitrogens is 2. The fourth-order valence-corrected chi connectivity index (χ4v) is 3.83. The molecule has 2 aromatic rings. The molecule has 0 aliphatic heterocycles. The highest BCUT2D eigenvalue weighted by molar-refractivity contribution is 7.99. The number of nitrogens with zero attached hydrogens (tertiary/aromatic N) is 2. The number of ether oxygens (including phenoxy) is 1. The first kappa shape index (κ1) is 18.3. The first-order chi connectivity index (χ1) is 11.1. The van der Waals surface area contributed by atoms with E-state index in [1.807, 2.05) is 18.2 Å². The maximum Gasteiger partial charge on any atom is 0.136 e. The van der Waals surface area contributed by atoms with E-state index in [0.29, 0.717) is 19.1 Å². The molecular weight excluding hydrogens is 332 g/mol. The maximum atomic E-state index is 8.87. The molecule has 126 valence electrons. The average Bonchev–Trinajstić information content (AvgIpc) is 2.85. The first-order valence-electron chi connectivity index (χ1n) is 7.78. The zero-order chi connectivity index (χ0) is 16.8. The van der Waals surface area contributed by atoms with Crippen molar-refractivity contribution in [3.05, 3.63) is 40.8 Å². The molecule has 0 unspecified atom stereocenters. The zero-order valence-corrected chi connectivity index (χ0v) is 15.3. The Morgan fingerprint density at radius 2 is 2.17 bits per heavy atom. The van der Waals surface area contributed by atoms with E-state index in [1.165, 1.54) is 0 Å². The summed E-state index contributed by atoms with van der Waals surface area (Å²) >= 11 is 7.78. The average molecular weight is 355 g/mol. The van der Waals surface area contributed by atoms with Crippen molar-refractivity contribution in [3.8, 4) is 0 Å². The molecule has 1 aromatic heterocycles. The minimum atomic E-state index is 0.0218. The Labute approximate surface area is 146 Å². The van der Waals surface area contributed by atoms with E-state index in [9.17, 15) is 0 Å². The Balaban J connectivity index is 2.34. The van der Waals surface area contributed by atoms with E-state index in [-0.39, 0.29) is 6.61 Å². The lowest BCUT2D eigenvalue weighted by Gasteiger charge is -2.11. The summed E-state index contributed by atoms with van der Waals surface area (Å²) in [4.78, 5) is 5.87. The van der Waals surface area contributed by atoms with Gasteiger partial charge in [0.1, 0.15) is 17.5 Å². The summed E-state index contributed by atoms with van der Waals surface area (Å²) in [6.45, 7) is 7.96. The Hall–Kier alpha value is -1.01. The van der Waals surface area contributed by atoms with Crippen LogP contribution >= 0.6 is 23.4 Å². The molecule has 0 fully saturated rings. The topological polar surface area (TPSA) is 47.3 Å². The predicted molar refractivity (Wildman–Crippen MR) is 94.3 cm³/mol. The van der Waals surface area contributed by atoms with Crippen LogP contribution in [0.1, 0.15) is 38.2 Å². The Kier molecular flexibility index (Phi) is 6.96. The van der Waals surface area contributed by atoms with Crippen molar-refractivity contribution < 1.29 is 9.84 Å². The monoisotopic (exact) mass is 354 g/mol. The van der Waals surface area contributed by atoms with Gasteiger partial charge in [0.25, 0.3) is 0 Å². The molecule has 0 spiro atoms. The summed E-state index contributed by atoms with van der Waals surface area (Å²) in [5.74, 6) is 1.22. The van der Waals surface area contributed by atoms with Crippen LogP contribution in [0.5, 0.6) is 0 Å². The molecular formula is C17H23ClN2O2S. The van der Waals surface area contributed by atoms with Crippen LogP contribution in [-0.4, -0.2) is 27.9 Å². The van der Waals surface area contributed by atoms with Gasteiger partial charge in [0.2, 0.25) is 0 Å². The number of hydrogen-bond donors (Lipinski definition) is 1. The van der Waals surface area contributed by atoms with Crippen molar-refractivity contribution in [2.24, 2.45) is 0 Å². The maximum absolute atomic E-state index is 8.87. The van der Waals surface area contributed by atoms with Crippen molar-refractivity contribution in [1.82, 2.24) is 9.55 Å². The number of hydrogen-bond acceptors (Lipinski definition) is 4. The van der Waals surface area contributed by atoms with Gasteiger partial charge in [0.15, 0.2) is 0 Å². The fraction of sp³-hybridized carbons (Fsp3) is 0.471. The smallest absolute Gasteiger partial charge is 0.136 e. The molecule has 1 heterocycles. The Bertz CT molecular complexity index is 644. The van der Waals surface area contributed by atoms with E-state index < -0.39 is 0 Å². The SMILES string of the molecule is CCn1c(COCCO)nc(C(C)C)c1Sc1cccc(Cl)c1. The van der Waals surface area contributed by atoms with E-state index in [4.69, 9.17) is 26.4 Å². The number of halogens is 1. The fourth-order valence-electron chi connectivity index (χ4n) is 2.29. The lowest BCUT2D eigenvalue weighted by atomic mass is 10.1. The minimum absolute atomic E-state index is 0.0218. The third-order valence-electron chi connectivity index (χ3n) is 3.37. The molecule has 0 radical (unpaired) electrons. The first-order valence-corrected chi connectivity index (χ1v) is 8.97. The summed E-state index contributed by atoms with van der Waals surface area (Å²) in [5.41, 5.74) is 1.07. The molecule has 2 rings (SSSR count). The molecule has 1 aromatic carbocycles. The summed E-state index contributed by atoms with van der Waals surface area (Å²) in [6.07, 6.45) is 0. The molecule has 1 N–H and O–H groups in total. The standard InChI is InChI=1S/C17H23ClN2O2S/c1-4-20-15(11-22-9-8-21)19-16(12(2)3)17(20)23-14-7-5-6-13(18)10-14/h5-7,10,12,21H,4,8-9,11H2,1-3H3. The van der Waals surface area contributed by atoms with Gasteiger partial charge in [-0.3, -0.25) is 0 Å². The van der Waals surface area contributed by atoms with Gasteiger partial charge in [-0.15, -0.1) is 0 Å². The predicted octanol–water partition coefficient (Wildman–Crippen LogP) is 4.34. The number of rotatable bonds is 8. The molecule has 0 bridgehead atoms. The van der Waals surface area contributed by atoms with Gasteiger partial charge in [0, 0.05) is 16.5 Å². The number of imidazole rings is 1.